The van der Waals surface area contributed by atoms with Gasteiger partial charge in [-0.05, 0) is 48.5 Å². The third-order valence-electron chi connectivity index (χ3n) is 7.25. The molecule has 0 aliphatic heterocycles. The molecule has 6 rings (SSSR count). The van der Waals surface area contributed by atoms with Gasteiger partial charge in [0, 0.05) is 27.4 Å². The van der Waals surface area contributed by atoms with Crippen LogP contribution < -0.4 is 99.8 Å². The number of phenolic OH excluding ortho intramolecular Hbond substituents is 2. The van der Waals surface area contributed by atoms with Crippen molar-refractivity contribution in [3.8, 4) is 22.9 Å². The Kier molecular flexibility index (Phi) is 21.8. The summed E-state index contributed by atoms with van der Waals surface area (Å²) in [5.41, 5.74) is -1.10. The van der Waals surface area contributed by atoms with E-state index in [1.165, 1.54) is 13.8 Å². The van der Waals surface area contributed by atoms with Crippen molar-refractivity contribution in [3.05, 3.63) is 125 Å². The molecule has 298 valence electrons. The van der Waals surface area contributed by atoms with Crippen molar-refractivity contribution in [3.63, 3.8) is 0 Å². The molecule has 0 aliphatic rings. The number of aromatic nitrogens is 4. The zero-order valence-electron chi connectivity index (χ0n) is 31.5. The van der Waals surface area contributed by atoms with Crippen molar-refractivity contribution in [1.82, 2.24) is 19.6 Å². The molecule has 18 nitrogen and oxygen atoms in total. The van der Waals surface area contributed by atoms with Gasteiger partial charge < -0.3 is 30.0 Å². The molecule has 0 bridgehead atoms. The zero-order valence-corrected chi connectivity index (χ0v) is 43.4. The van der Waals surface area contributed by atoms with Gasteiger partial charge in [0.1, 0.15) is 32.3 Å². The second kappa shape index (κ2) is 23.2. The molecule has 0 amide bonds. The summed E-state index contributed by atoms with van der Waals surface area (Å²) in [7, 11) is -9.49. The zero-order chi connectivity index (χ0) is 41.3. The molecule has 0 unspecified atom stereocenters. The molecule has 6 aromatic rings. The van der Waals surface area contributed by atoms with E-state index in [9.17, 15) is 36.6 Å². The molecule has 0 spiro atoms. The Morgan fingerprint density at radius 1 is 0.600 bits per heavy atom. The number of phenols is 2. The fourth-order valence-corrected chi connectivity index (χ4v) is 6.91. The molecule has 0 radical (unpaired) electrons. The summed E-state index contributed by atoms with van der Waals surface area (Å²) < 4.78 is 65.7. The van der Waals surface area contributed by atoms with Crippen LogP contribution in [0.3, 0.4) is 0 Å². The van der Waals surface area contributed by atoms with Gasteiger partial charge in [-0.15, -0.1) is 11.4 Å². The maximum Gasteiger partial charge on any atom is 1.00 e. The molecule has 0 fully saturated rings. The number of halogens is 4. The Balaban J connectivity index is 0.000000562. The van der Waals surface area contributed by atoms with Gasteiger partial charge in [-0.3, -0.25) is 9.11 Å². The Morgan fingerprint density at radius 2 is 0.917 bits per heavy atom. The van der Waals surface area contributed by atoms with Gasteiger partial charge in [0.05, 0.1) is 21.4 Å². The summed E-state index contributed by atoms with van der Waals surface area (Å²) >= 11 is 23.7. The number of nitrogens with zero attached hydrogens (tertiary/aromatic N) is 8. The number of para-hydroxylation sites is 2. The molecule has 2 heterocycles. The van der Waals surface area contributed by atoms with Crippen LogP contribution in [0, 0.1) is 13.8 Å². The molecular formula is C32H22Cl4CrN8Na3O10S2+. The Morgan fingerprint density at radius 3 is 1.22 bits per heavy atom. The molecule has 28 heteroatoms. The number of azo groups is 2. The molecule has 0 saturated heterocycles. The smallest absolute Gasteiger partial charge is 0.504 e. The van der Waals surface area contributed by atoms with E-state index in [4.69, 9.17) is 55.5 Å². The molecule has 2 aromatic heterocycles. The van der Waals surface area contributed by atoms with Gasteiger partial charge in [-0.2, -0.15) is 27.1 Å². The number of aromatic hydroxyl groups is 2. The van der Waals surface area contributed by atoms with Crippen molar-refractivity contribution in [2.24, 2.45) is 20.5 Å². The summed E-state index contributed by atoms with van der Waals surface area (Å²) in [6, 6.07) is 17.1. The fraction of sp³-hybridized carbons (Fsp3) is 0.0625. The second-order valence-electron chi connectivity index (χ2n) is 11.1. The van der Waals surface area contributed by atoms with E-state index in [1.807, 2.05) is 0 Å². The van der Waals surface area contributed by atoms with Gasteiger partial charge in [0.2, 0.25) is 0 Å². The molecule has 0 atom stereocenters. The average molecular weight is 1010 g/mol. The number of rotatable bonds is 8. The minimum Gasteiger partial charge on any atom is -0.504 e. The number of aryl methyl sites for hydroxylation is 2. The quantitative estimate of drug-likeness (QED) is 0.0612. The Hall–Kier alpha value is -1.79. The topological polar surface area (TPSA) is 268 Å². The maximum absolute atomic E-state index is 12.6. The second-order valence-corrected chi connectivity index (χ2v) is 15.6. The van der Waals surface area contributed by atoms with Gasteiger partial charge in [-0.25, -0.2) is 19.6 Å². The van der Waals surface area contributed by atoms with E-state index in [-0.39, 0.29) is 150 Å². The number of hydrogen-bond acceptors (Lipinski definition) is 14. The predicted molar refractivity (Wildman–Crippen MR) is 205 cm³/mol. The first kappa shape index (κ1) is 56.2. The third-order valence-corrected chi connectivity index (χ3v) is 10.1. The van der Waals surface area contributed by atoms with Gasteiger partial charge in [0.25, 0.3) is 20.2 Å². The average Bonchev–Trinajstić information content (AvgIpc) is 3.56. The fourth-order valence-electron chi connectivity index (χ4n) is 4.67. The molecule has 0 aliphatic carbocycles. The van der Waals surface area contributed by atoms with Crippen LogP contribution >= 0.6 is 46.4 Å². The first-order valence-electron chi connectivity index (χ1n) is 15.1. The van der Waals surface area contributed by atoms with Gasteiger partial charge >= 0.3 is 88.7 Å². The summed E-state index contributed by atoms with van der Waals surface area (Å²) in [4.78, 5) is 23.5. The number of benzene rings is 4. The minimum absolute atomic E-state index is 0. The largest absolute Gasteiger partial charge is 1.00 e. The number of hydrogen-bond donors (Lipinski definition) is 4. The summed E-state index contributed by atoms with van der Waals surface area (Å²) in [5, 5.41) is 43.5. The molecule has 60 heavy (non-hydrogen) atoms. The predicted octanol–water partition coefficient (Wildman–Crippen LogP) is -1.12. The molecule has 0 saturated carbocycles. The van der Waals surface area contributed by atoms with Crippen LogP contribution in [0.25, 0.3) is 11.4 Å². The van der Waals surface area contributed by atoms with E-state index in [1.54, 1.807) is 48.5 Å². The van der Waals surface area contributed by atoms with E-state index in [0.29, 0.717) is 21.4 Å². The first-order valence-corrected chi connectivity index (χ1v) is 19.4. The van der Waals surface area contributed by atoms with Crippen LogP contribution in [0.4, 0.5) is 22.7 Å². The van der Waals surface area contributed by atoms with Crippen molar-refractivity contribution in [2.45, 2.75) is 23.6 Å². The van der Waals surface area contributed by atoms with Crippen LogP contribution in [0.5, 0.6) is 11.5 Å². The molecular weight excluding hydrogens is 983 g/mol. The van der Waals surface area contributed by atoms with E-state index in [0.717, 1.165) is 33.6 Å². The van der Waals surface area contributed by atoms with E-state index < -0.39 is 52.6 Å². The molecule has 4 N–H and O–H groups in total. The van der Waals surface area contributed by atoms with Crippen molar-refractivity contribution < 1.29 is 142 Å². The summed E-state index contributed by atoms with van der Waals surface area (Å²) in [5.74, 6) is -1.72. The van der Waals surface area contributed by atoms with Crippen LogP contribution in [0.2, 0.25) is 20.1 Å². The minimum atomic E-state index is -4.74. The Bertz CT molecular complexity index is 2750. The van der Waals surface area contributed by atoms with Crippen LogP contribution in [-0.2, 0) is 37.6 Å². The first-order chi connectivity index (χ1) is 26.2. The van der Waals surface area contributed by atoms with Crippen LogP contribution in [0.1, 0.15) is 11.4 Å². The Labute approximate surface area is 437 Å². The normalized spacial score (nSPS) is 11.2. The van der Waals surface area contributed by atoms with Crippen molar-refractivity contribution >= 4 is 89.4 Å². The molecule has 4 aromatic carbocycles. The summed E-state index contributed by atoms with van der Waals surface area (Å²) in [6.45, 7) is 3.04. The van der Waals surface area contributed by atoms with Crippen LogP contribution in [0.15, 0.2) is 113 Å². The van der Waals surface area contributed by atoms with Crippen LogP contribution in [-0.4, -0.2) is 55.7 Å². The van der Waals surface area contributed by atoms with Crippen molar-refractivity contribution in [1.29, 1.82) is 0 Å². The van der Waals surface area contributed by atoms with E-state index in [2.05, 4.69) is 30.7 Å². The van der Waals surface area contributed by atoms with E-state index >= 15 is 0 Å². The summed E-state index contributed by atoms with van der Waals surface area (Å²) in [6.07, 6.45) is 0. The SMILES string of the molecule is Cc1nn(-c2ccccc2Cl)c(=O)[c-]1N=Nc1cc(Cl)cc(S(=O)(=O)O)c1O.Cc1nn(-c2ccccc2Cl)c(=O)[c-]1N=Nc1cc(Cl)cc(S(=O)(=O)O)c1O.[Cr].[Na+].[Na+].[Na+]. The van der Waals surface area contributed by atoms with Gasteiger partial charge in [0.15, 0.2) is 11.5 Å². The van der Waals surface area contributed by atoms with Crippen molar-refractivity contribution in [2.75, 3.05) is 0 Å². The standard InChI is InChI=1S/2C16H11Cl2N4O5S.Cr.3Na/c2*1-8-14(16(24)22(21-8)12-5-3-2-4-10(12)18)20-19-11-6-9(17)7-13(15(11)23)28(25,26)27;;;;/h2*2-7,23H,1H3,(H,25,26,27);;;;/q2*-1;;3*+1. The third kappa shape index (κ3) is 13.1. The maximum atomic E-state index is 12.6. The monoisotopic (exact) mass is 1000 g/mol. The van der Waals surface area contributed by atoms with Gasteiger partial charge in [-0.1, -0.05) is 95.9 Å².